The SMILES string of the molecule is CC(NC(C)C(O)c1ccc(F)cc1)c1nc2c(s1)CCC2. The monoisotopic (exact) mass is 320 g/mol. The van der Waals surface area contributed by atoms with E-state index in [1.807, 2.05) is 6.92 Å². The number of aliphatic hydroxyl groups excluding tert-OH is 1. The number of rotatable bonds is 5. The first-order valence-corrected chi connectivity index (χ1v) is 8.54. The number of hydrogen-bond acceptors (Lipinski definition) is 4. The molecule has 0 aliphatic heterocycles. The van der Waals surface area contributed by atoms with Gasteiger partial charge in [0.2, 0.25) is 0 Å². The normalized spacial score (nSPS) is 18.0. The summed E-state index contributed by atoms with van der Waals surface area (Å²) in [6, 6.07) is 5.96. The van der Waals surface area contributed by atoms with Crippen LogP contribution in [0.3, 0.4) is 0 Å². The van der Waals surface area contributed by atoms with Gasteiger partial charge in [0.25, 0.3) is 0 Å². The number of thiazole rings is 1. The zero-order valence-electron chi connectivity index (χ0n) is 12.8. The van der Waals surface area contributed by atoms with Crippen LogP contribution >= 0.6 is 11.3 Å². The first-order valence-electron chi connectivity index (χ1n) is 7.72. The first kappa shape index (κ1) is 15.6. The van der Waals surface area contributed by atoms with Crippen molar-refractivity contribution in [2.24, 2.45) is 0 Å². The first-order chi connectivity index (χ1) is 10.5. The van der Waals surface area contributed by atoms with Crippen LogP contribution in [0.1, 0.15) is 53.6 Å². The minimum absolute atomic E-state index is 0.0979. The van der Waals surface area contributed by atoms with Crippen LogP contribution in [0.15, 0.2) is 24.3 Å². The Hall–Kier alpha value is -1.30. The maximum atomic E-state index is 13.0. The Morgan fingerprint density at radius 3 is 2.64 bits per heavy atom. The smallest absolute Gasteiger partial charge is 0.123 e. The number of hydrogen-bond donors (Lipinski definition) is 2. The number of aromatic nitrogens is 1. The van der Waals surface area contributed by atoms with Crippen LogP contribution in [0, 0.1) is 5.82 Å². The molecule has 0 saturated heterocycles. The Morgan fingerprint density at radius 2 is 1.95 bits per heavy atom. The molecule has 1 heterocycles. The van der Waals surface area contributed by atoms with Crippen LogP contribution < -0.4 is 5.32 Å². The average Bonchev–Trinajstić information content (AvgIpc) is 3.08. The topological polar surface area (TPSA) is 45.1 Å². The van der Waals surface area contributed by atoms with Gasteiger partial charge in [-0.25, -0.2) is 9.37 Å². The van der Waals surface area contributed by atoms with Crippen molar-refractivity contribution in [2.45, 2.75) is 51.3 Å². The average molecular weight is 320 g/mol. The summed E-state index contributed by atoms with van der Waals surface area (Å²) in [6.45, 7) is 4.01. The Balaban J connectivity index is 1.64. The minimum Gasteiger partial charge on any atom is -0.387 e. The number of halogens is 1. The number of nitrogens with one attached hydrogen (secondary N) is 1. The highest BCUT2D eigenvalue weighted by atomic mass is 32.1. The predicted octanol–water partition coefficient (Wildman–Crippen LogP) is 3.54. The van der Waals surface area contributed by atoms with E-state index in [4.69, 9.17) is 4.98 Å². The molecule has 3 nitrogen and oxygen atoms in total. The van der Waals surface area contributed by atoms with E-state index in [2.05, 4.69) is 12.2 Å². The molecule has 2 N–H and O–H groups in total. The zero-order valence-corrected chi connectivity index (χ0v) is 13.7. The molecule has 1 aromatic carbocycles. The lowest BCUT2D eigenvalue weighted by atomic mass is 10.0. The number of benzene rings is 1. The zero-order chi connectivity index (χ0) is 15.7. The largest absolute Gasteiger partial charge is 0.387 e. The fourth-order valence-corrected chi connectivity index (χ4v) is 4.07. The summed E-state index contributed by atoms with van der Waals surface area (Å²) in [4.78, 5) is 6.12. The van der Waals surface area contributed by atoms with E-state index in [9.17, 15) is 9.50 Å². The molecule has 2 aromatic rings. The molecule has 1 aliphatic rings. The third-order valence-corrected chi connectivity index (χ3v) is 5.52. The minimum atomic E-state index is -0.671. The van der Waals surface area contributed by atoms with Gasteiger partial charge in [-0.1, -0.05) is 12.1 Å². The summed E-state index contributed by atoms with van der Waals surface area (Å²) in [5.74, 6) is -0.290. The lowest BCUT2D eigenvalue weighted by molar-refractivity contribution is 0.130. The van der Waals surface area contributed by atoms with Gasteiger partial charge in [-0.3, -0.25) is 0 Å². The summed E-state index contributed by atoms with van der Waals surface area (Å²) in [7, 11) is 0. The summed E-state index contributed by atoms with van der Waals surface area (Å²) < 4.78 is 13.0. The second-order valence-corrected chi connectivity index (χ2v) is 7.06. The molecule has 3 atom stereocenters. The van der Waals surface area contributed by atoms with Gasteiger partial charge in [-0.15, -0.1) is 11.3 Å². The van der Waals surface area contributed by atoms with Crippen molar-refractivity contribution in [1.82, 2.24) is 10.3 Å². The van der Waals surface area contributed by atoms with Crippen LogP contribution in [-0.4, -0.2) is 16.1 Å². The second kappa shape index (κ2) is 6.44. The van der Waals surface area contributed by atoms with E-state index in [1.165, 1.54) is 29.1 Å². The van der Waals surface area contributed by atoms with Crippen molar-refractivity contribution < 1.29 is 9.50 Å². The quantitative estimate of drug-likeness (QED) is 0.885. The van der Waals surface area contributed by atoms with Gasteiger partial charge in [-0.05, 0) is 50.8 Å². The van der Waals surface area contributed by atoms with E-state index in [1.54, 1.807) is 23.5 Å². The molecule has 3 rings (SSSR count). The van der Waals surface area contributed by atoms with Crippen molar-refractivity contribution in [3.05, 3.63) is 51.2 Å². The molecule has 5 heteroatoms. The fraction of sp³-hybridized carbons (Fsp3) is 0.471. The molecule has 1 aliphatic carbocycles. The molecule has 0 spiro atoms. The van der Waals surface area contributed by atoms with Crippen molar-refractivity contribution in [2.75, 3.05) is 0 Å². The van der Waals surface area contributed by atoms with Crippen molar-refractivity contribution >= 4 is 11.3 Å². The van der Waals surface area contributed by atoms with Crippen molar-refractivity contribution in [3.8, 4) is 0 Å². The molecular weight excluding hydrogens is 299 g/mol. The van der Waals surface area contributed by atoms with E-state index in [0.29, 0.717) is 0 Å². The van der Waals surface area contributed by atoms with Gasteiger partial charge >= 0.3 is 0 Å². The molecule has 0 bridgehead atoms. The van der Waals surface area contributed by atoms with Crippen LogP contribution in [-0.2, 0) is 12.8 Å². The lowest BCUT2D eigenvalue weighted by Gasteiger charge is -2.23. The molecule has 0 radical (unpaired) electrons. The highest BCUT2D eigenvalue weighted by Crippen LogP contribution is 2.31. The highest BCUT2D eigenvalue weighted by Gasteiger charge is 2.23. The van der Waals surface area contributed by atoms with Crippen LogP contribution in [0.2, 0.25) is 0 Å². The standard InChI is InChI=1S/C17H21FN2OS/c1-10(16(21)12-6-8-13(18)9-7-12)19-11(2)17-20-14-4-3-5-15(14)22-17/h6-11,16,19,21H,3-5H2,1-2H3. The third-order valence-electron chi connectivity index (χ3n) is 4.18. The highest BCUT2D eigenvalue weighted by molar-refractivity contribution is 7.11. The van der Waals surface area contributed by atoms with Gasteiger partial charge in [-0.2, -0.15) is 0 Å². The van der Waals surface area contributed by atoms with Crippen LogP contribution in [0.5, 0.6) is 0 Å². The Kier molecular flexibility index (Phi) is 4.57. The lowest BCUT2D eigenvalue weighted by Crippen LogP contribution is -2.34. The Morgan fingerprint density at radius 1 is 1.23 bits per heavy atom. The fourth-order valence-electron chi connectivity index (χ4n) is 2.90. The van der Waals surface area contributed by atoms with Gasteiger partial charge in [0.05, 0.1) is 17.8 Å². The van der Waals surface area contributed by atoms with Gasteiger partial charge < -0.3 is 10.4 Å². The van der Waals surface area contributed by atoms with E-state index < -0.39 is 6.10 Å². The van der Waals surface area contributed by atoms with Crippen molar-refractivity contribution in [3.63, 3.8) is 0 Å². The van der Waals surface area contributed by atoms with E-state index in [-0.39, 0.29) is 17.9 Å². The van der Waals surface area contributed by atoms with E-state index in [0.717, 1.165) is 23.4 Å². The summed E-state index contributed by atoms with van der Waals surface area (Å²) in [5, 5.41) is 14.9. The molecule has 0 saturated carbocycles. The maximum Gasteiger partial charge on any atom is 0.123 e. The van der Waals surface area contributed by atoms with Gasteiger partial charge in [0.1, 0.15) is 10.8 Å². The van der Waals surface area contributed by atoms with Crippen molar-refractivity contribution in [1.29, 1.82) is 0 Å². The maximum absolute atomic E-state index is 13.0. The molecule has 0 fully saturated rings. The van der Waals surface area contributed by atoms with Crippen LogP contribution in [0.25, 0.3) is 0 Å². The molecule has 118 valence electrons. The Labute approximate surface area is 134 Å². The summed E-state index contributed by atoms with van der Waals surface area (Å²) >= 11 is 1.78. The number of fused-ring (bicyclic) bond motifs is 1. The molecule has 1 aromatic heterocycles. The predicted molar refractivity (Wildman–Crippen MR) is 86.5 cm³/mol. The van der Waals surface area contributed by atoms with E-state index >= 15 is 0 Å². The molecule has 3 unspecified atom stereocenters. The number of aryl methyl sites for hydroxylation is 2. The summed E-state index contributed by atoms with van der Waals surface area (Å²) in [5.41, 5.74) is 1.97. The molecular formula is C17H21FN2OS. The summed E-state index contributed by atoms with van der Waals surface area (Å²) in [6.07, 6.45) is 2.78. The third kappa shape index (κ3) is 3.21. The molecule has 22 heavy (non-hydrogen) atoms. The number of nitrogens with zero attached hydrogens (tertiary/aromatic N) is 1. The Bertz CT molecular complexity index is 619. The second-order valence-electron chi connectivity index (χ2n) is 5.95. The van der Waals surface area contributed by atoms with Gasteiger partial charge in [0.15, 0.2) is 0 Å². The molecule has 0 amide bonds. The number of aliphatic hydroxyl groups is 1. The van der Waals surface area contributed by atoms with Gasteiger partial charge in [0, 0.05) is 10.9 Å². The van der Waals surface area contributed by atoms with Crippen LogP contribution in [0.4, 0.5) is 4.39 Å².